The topological polar surface area (TPSA) is 59.4 Å². The Hall–Kier alpha value is -1.12. The number of rotatable bonds is 3. The summed E-state index contributed by atoms with van der Waals surface area (Å²) in [6.07, 6.45) is 0. The van der Waals surface area contributed by atoms with Crippen molar-refractivity contribution in [1.29, 1.82) is 5.26 Å². The van der Waals surface area contributed by atoms with Gasteiger partial charge in [-0.05, 0) is 14.0 Å². The molecule has 5 heteroatoms. The summed E-state index contributed by atoms with van der Waals surface area (Å²) < 4.78 is 0. The van der Waals surface area contributed by atoms with E-state index in [2.05, 4.69) is 5.32 Å². The summed E-state index contributed by atoms with van der Waals surface area (Å²) >= 11 is 0. The first kappa shape index (κ1) is 12.0. The molecule has 15 heavy (non-hydrogen) atoms. The van der Waals surface area contributed by atoms with Gasteiger partial charge in [-0.2, -0.15) is 5.26 Å². The third-order valence-corrected chi connectivity index (χ3v) is 2.77. The predicted octanol–water partition coefficient (Wildman–Crippen LogP) is -0.738. The molecule has 1 N–H and O–H groups in total. The van der Waals surface area contributed by atoms with Crippen LogP contribution in [0.5, 0.6) is 0 Å². The van der Waals surface area contributed by atoms with Gasteiger partial charge in [-0.25, -0.2) is 0 Å². The largest absolute Gasteiger partial charge is 0.339 e. The van der Waals surface area contributed by atoms with Crippen molar-refractivity contribution < 1.29 is 4.79 Å². The van der Waals surface area contributed by atoms with Gasteiger partial charge in [0.25, 0.3) is 0 Å². The molecule has 1 fully saturated rings. The smallest absolute Gasteiger partial charge is 0.239 e. The van der Waals surface area contributed by atoms with Crippen molar-refractivity contribution in [3.8, 4) is 6.07 Å². The fourth-order valence-electron chi connectivity index (χ4n) is 1.59. The molecule has 0 radical (unpaired) electrons. The maximum Gasteiger partial charge on any atom is 0.239 e. The first-order valence-electron chi connectivity index (χ1n) is 5.23. The number of piperazine rings is 1. The first-order chi connectivity index (χ1) is 7.16. The average molecular weight is 210 g/mol. The molecular formula is C10H18N4O. The van der Waals surface area contributed by atoms with Gasteiger partial charge in [-0.15, -0.1) is 0 Å². The minimum Gasteiger partial charge on any atom is -0.339 e. The van der Waals surface area contributed by atoms with E-state index in [0.29, 0.717) is 6.54 Å². The van der Waals surface area contributed by atoms with E-state index in [1.165, 1.54) is 0 Å². The van der Waals surface area contributed by atoms with Crippen LogP contribution in [0.3, 0.4) is 0 Å². The maximum atomic E-state index is 12.0. The zero-order valence-corrected chi connectivity index (χ0v) is 9.36. The number of likely N-dealkylation sites (N-methyl/N-ethyl adjacent to an activating group) is 1. The van der Waals surface area contributed by atoms with Crippen LogP contribution in [0.1, 0.15) is 6.92 Å². The molecule has 84 valence electrons. The van der Waals surface area contributed by atoms with Crippen LogP contribution in [-0.2, 0) is 4.79 Å². The third-order valence-electron chi connectivity index (χ3n) is 2.77. The van der Waals surface area contributed by atoms with Crippen molar-refractivity contribution in [3.05, 3.63) is 0 Å². The maximum absolute atomic E-state index is 12.0. The molecule has 1 saturated heterocycles. The highest BCUT2D eigenvalue weighted by Crippen LogP contribution is 2.02. The van der Waals surface area contributed by atoms with Crippen LogP contribution >= 0.6 is 0 Å². The van der Waals surface area contributed by atoms with Gasteiger partial charge in [-0.1, -0.05) is 0 Å². The molecule has 0 aliphatic carbocycles. The number of hydrogen-bond donors (Lipinski definition) is 1. The highest BCUT2D eigenvalue weighted by molar-refractivity contribution is 5.81. The molecule has 0 saturated carbocycles. The van der Waals surface area contributed by atoms with Gasteiger partial charge in [0.15, 0.2) is 0 Å². The summed E-state index contributed by atoms with van der Waals surface area (Å²) in [5, 5.41) is 11.8. The van der Waals surface area contributed by atoms with Crippen LogP contribution in [0.25, 0.3) is 0 Å². The van der Waals surface area contributed by atoms with E-state index in [1.54, 1.807) is 11.9 Å². The van der Waals surface area contributed by atoms with Crippen LogP contribution in [0.2, 0.25) is 0 Å². The average Bonchev–Trinajstić information content (AvgIpc) is 2.28. The normalized spacial score (nSPS) is 18.7. The second-order valence-corrected chi connectivity index (χ2v) is 3.82. The third kappa shape index (κ3) is 3.18. The molecule has 1 amide bonds. The van der Waals surface area contributed by atoms with Crippen molar-refractivity contribution >= 4 is 5.91 Å². The molecule has 5 nitrogen and oxygen atoms in total. The second kappa shape index (κ2) is 5.69. The van der Waals surface area contributed by atoms with Crippen molar-refractivity contribution in [2.24, 2.45) is 0 Å². The number of nitrogens with one attached hydrogen (secondary N) is 1. The zero-order chi connectivity index (χ0) is 11.3. The van der Waals surface area contributed by atoms with Crippen LogP contribution in [0.15, 0.2) is 0 Å². The van der Waals surface area contributed by atoms with Crippen molar-refractivity contribution in [1.82, 2.24) is 15.1 Å². The van der Waals surface area contributed by atoms with E-state index in [4.69, 9.17) is 5.26 Å². The molecule has 0 spiro atoms. The molecule has 1 rings (SSSR count). The Balaban J connectivity index is 2.47. The van der Waals surface area contributed by atoms with Crippen molar-refractivity contribution in [3.63, 3.8) is 0 Å². The molecule has 0 bridgehead atoms. The lowest BCUT2D eigenvalue weighted by Gasteiger charge is -2.32. The fraction of sp³-hybridized carbons (Fsp3) is 0.800. The van der Waals surface area contributed by atoms with Gasteiger partial charge < -0.3 is 10.2 Å². The monoisotopic (exact) mass is 210 g/mol. The molecule has 1 unspecified atom stereocenters. The molecule has 0 aromatic heterocycles. The van der Waals surface area contributed by atoms with Gasteiger partial charge in [-0.3, -0.25) is 9.69 Å². The SMILES string of the molecule is CC(C(=O)N1CCNCC1)N(C)CC#N. The first-order valence-corrected chi connectivity index (χ1v) is 5.23. The quantitative estimate of drug-likeness (QED) is 0.623. The van der Waals surface area contributed by atoms with Crippen LogP contribution in [0, 0.1) is 11.3 Å². The minimum absolute atomic E-state index is 0.120. The van der Waals surface area contributed by atoms with E-state index >= 15 is 0 Å². The number of carbonyl (C=O) groups is 1. The molecule has 0 aromatic carbocycles. The summed E-state index contributed by atoms with van der Waals surface area (Å²) in [6, 6.07) is 1.84. The summed E-state index contributed by atoms with van der Waals surface area (Å²) in [5.41, 5.74) is 0. The highest BCUT2D eigenvalue weighted by atomic mass is 16.2. The van der Waals surface area contributed by atoms with Crippen molar-refractivity contribution in [2.75, 3.05) is 39.8 Å². The zero-order valence-electron chi connectivity index (χ0n) is 9.36. The lowest BCUT2D eigenvalue weighted by Crippen LogP contribution is -2.52. The number of nitrogens with zero attached hydrogens (tertiary/aromatic N) is 3. The predicted molar refractivity (Wildman–Crippen MR) is 57.2 cm³/mol. The van der Waals surface area contributed by atoms with E-state index < -0.39 is 0 Å². The van der Waals surface area contributed by atoms with Gasteiger partial charge in [0.2, 0.25) is 5.91 Å². The Morgan fingerprint density at radius 1 is 1.60 bits per heavy atom. The van der Waals surface area contributed by atoms with E-state index in [9.17, 15) is 4.79 Å². The molecule has 1 aliphatic heterocycles. The Morgan fingerprint density at radius 3 is 2.73 bits per heavy atom. The standard InChI is InChI=1S/C10H18N4O/c1-9(13(2)6-3-11)10(15)14-7-4-12-5-8-14/h9,12H,4-8H2,1-2H3. The number of hydrogen-bond acceptors (Lipinski definition) is 4. The van der Waals surface area contributed by atoms with Gasteiger partial charge in [0.05, 0.1) is 18.7 Å². The van der Waals surface area contributed by atoms with E-state index in [0.717, 1.165) is 26.2 Å². The molecule has 1 heterocycles. The number of carbonyl (C=O) groups excluding carboxylic acids is 1. The lowest BCUT2D eigenvalue weighted by molar-refractivity contribution is -0.136. The summed E-state index contributed by atoms with van der Waals surface area (Å²) in [4.78, 5) is 15.6. The number of amides is 1. The fourth-order valence-corrected chi connectivity index (χ4v) is 1.59. The van der Waals surface area contributed by atoms with E-state index in [1.807, 2.05) is 17.9 Å². The van der Waals surface area contributed by atoms with Crippen molar-refractivity contribution in [2.45, 2.75) is 13.0 Å². The Labute approximate surface area is 90.6 Å². The Kier molecular flexibility index (Phi) is 4.53. The highest BCUT2D eigenvalue weighted by Gasteiger charge is 2.24. The Bertz CT molecular complexity index is 255. The molecular weight excluding hydrogens is 192 g/mol. The van der Waals surface area contributed by atoms with Gasteiger partial charge in [0.1, 0.15) is 0 Å². The van der Waals surface area contributed by atoms with Crippen LogP contribution in [0.4, 0.5) is 0 Å². The molecule has 1 atom stereocenters. The molecule has 1 aliphatic rings. The van der Waals surface area contributed by atoms with Gasteiger partial charge >= 0.3 is 0 Å². The van der Waals surface area contributed by atoms with E-state index in [-0.39, 0.29) is 11.9 Å². The summed E-state index contributed by atoms with van der Waals surface area (Å²) in [6.45, 7) is 5.40. The number of nitriles is 1. The van der Waals surface area contributed by atoms with Gasteiger partial charge in [0, 0.05) is 26.2 Å². The minimum atomic E-state index is -0.206. The Morgan fingerprint density at radius 2 is 2.20 bits per heavy atom. The second-order valence-electron chi connectivity index (χ2n) is 3.82. The lowest BCUT2D eigenvalue weighted by atomic mass is 10.2. The van der Waals surface area contributed by atoms with Crippen LogP contribution < -0.4 is 5.32 Å². The van der Waals surface area contributed by atoms with Crippen LogP contribution in [-0.4, -0.2) is 61.5 Å². The summed E-state index contributed by atoms with van der Waals surface area (Å²) in [7, 11) is 1.80. The summed E-state index contributed by atoms with van der Waals surface area (Å²) in [5.74, 6) is 0.120. The molecule has 0 aromatic rings.